The van der Waals surface area contributed by atoms with E-state index in [4.69, 9.17) is 9.47 Å². The van der Waals surface area contributed by atoms with Crippen LogP contribution in [0.15, 0.2) is 12.1 Å². The maximum atomic E-state index is 12.9. The average molecular weight is 406 g/mol. The van der Waals surface area contributed by atoms with E-state index in [2.05, 4.69) is 5.32 Å². The van der Waals surface area contributed by atoms with Gasteiger partial charge in [-0.1, -0.05) is 0 Å². The molecule has 0 aliphatic carbocycles. The molecule has 1 N–H and O–H groups in total. The highest BCUT2D eigenvalue weighted by molar-refractivity contribution is 6.35. The molecule has 1 aromatic rings. The summed E-state index contributed by atoms with van der Waals surface area (Å²) in [5.74, 6) is -1.37. The van der Waals surface area contributed by atoms with Crippen molar-refractivity contribution in [3.63, 3.8) is 0 Å². The van der Waals surface area contributed by atoms with Crippen molar-refractivity contribution in [3.8, 4) is 11.5 Å². The average Bonchev–Trinajstić information content (AvgIpc) is 2.71. The number of nitro groups is 1. The number of hydrogen-bond acceptors (Lipinski definition) is 7. The number of amides is 3. The van der Waals surface area contributed by atoms with Crippen molar-refractivity contribution >= 4 is 23.4 Å². The van der Waals surface area contributed by atoms with Gasteiger partial charge in [-0.25, -0.2) is 0 Å². The monoisotopic (exact) mass is 406 g/mol. The Morgan fingerprint density at radius 1 is 1.03 bits per heavy atom. The van der Waals surface area contributed by atoms with Crippen LogP contribution >= 0.6 is 0 Å². The molecule has 11 nitrogen and oxygen atoms in total. The molecule has 1 saturated heterocycles. The van der Waals surface area contributed by atoms with Crippen LogP contribution in [0.2, 0.25) is 0 Å². The molecule has 3 amide bonds. The highest BCUT2D eigenvalue weighted by atomic mass is 16.6. The predicted octanol–water partition coefficient (Wildman–Crippen LogP) is 0.175. The number of benzene rings is 1. The molecule has 1 fully saturated rings. The third-order valence-electron chi connectivity index (χ3n) is 4.56. The van der Waals surface area contributed by atoms with Gasteiger partial charge in [-0.05, 0) is 13.8 Å². The van der Waals surface area contributed by atoms with Crippen LogP contribution in [0.5, 0.6) is 11.5 Å². The van der Waals surface area contributed by atoms with Crippen molar-refractivity contribution in [1.29, 1.82) is 0 Å². The van der Waals surface area contributed by atoms with Gasteiger partial charge in [0.15, 0.2) is 11.5 Å². The minimum absolute atomic E-state index is 0.100. The molecular formula is C18H22N4O7. The maximum Gasteiger partial charge on any atom is 0.312 e. The molecule has 3 rings (SSSR count). The first-order valence-electron chi connectivity index (χ1n) is 9.25. The van der Waals surface area contributed by atoms with Crippen LogP contribution in [-0.2, 0) is 9.59 Å². The quantitative estimate of drug-likeness (QED) is 0.430. The molecule has 1 aromatic carbocycles. The second kappa shape index (κ2) is 8.33. The van der Waals surface area contributed by atoms with E-state index in [1.54, 1.807) is 13.8 Å². The largest absolute Gasteiger partial charge is 0.486 e. The molecule has 2 heterocycles. The van der Waals surface area contributed by atoms with Gasteiger partial charge in [0, 0.05) is 38.3 Å². The molecule has 0 saturated carbocycles. The van der Waals surface area contributed by atoms with Crippen LogP contribution in [0.1, 0.15) is 24.2 Å². The Morgan fingerprint density at radius 2 is 1.59 bits per heavy atom. The van der Waals surface area contributed by atoms with E-state index < -0.39 is 22.6 Å². The van der Waals surface area contributed by atoms with Crippen molar-refractivity contribution in [3.05, 3.63) is 27.8 Å². The zero-order chi connectivity index (χ0) is 21.1. The zero-order valence-corrected chi connectivity index (χ0v) is 16.2. The van der Waals surface area contributed by atoms with Crippen LogP contribution in [0.4, 0.5) is 5.69 Å². The van der Waals surface area contributed by atoms with Gasteiger partial charge >= 0.3 is 11.8 Å². The number of rotatable bonds is 3. The van der Waals surface area contributed by atoms with E-state index in [-0.39, 0.29) is 68.2 Å². The molecular weight excluding hydrogens is 384 g/mol. The minimum atomic E-state index is -0.692. The van der Waals surface area contributed by atoms with Gasteiger partial charge in [0.05, 0.1) is 11.0 Å². The van der Waals surface area contributed by atoms with Crippen LogP contribution in [0.3, 0.4) is 0 Å². The lowest BCUT2D eigenvalue weighted by Crippen LogP contribution is -2.54. The third kappa shape index (κ3) is 4.39. The number of nitrogens with one attached hydrogen (secondary N) is 1. The van der Waals surface area contributed by atoms with E-state index in [1.165, 1.54) is 21.9 Å². The number of nitro benzene ring substituents is 1. The van der Waals surface area contributed by atoms with Gasteiger partial charge in [-0.2, -0.15) is 0 Å². The van der Waals surface area contributed by atoms with Crippen LogP contribution in [0.25, 0.3) is 0 Å². The number of carbonyl (C=O) groups excluding carboxylic acids is 3. The fourth-order valence-corrected chi connectivity index (χ4v) is 3.15. The summed E-state index contributed by atoms with van der Waals surface area (Å²) in [6.07, 6.45) is 0. The first-order chi connectivity index (χ1) is 13.8. The topological polar surface area (TPSA) is 131 Å². The van der Waals surface area contributed by atoms with Crippen molar-refractivity contribution in [2.75, 3.05) is 39.4 Å². The van der Waals surface area contributed by atoms with Gasteiger partial charge in [0.1, 0.15) is 18.8 Å². The summed E-state index contributed by atoms with van der Waals surface area (Å²) >= 11 is 0. The highest BCUT2D eigenvalue weighted by Crippen LogP contribution is 2.37. The summed E-state index contributed by atoms with van der Waals surface area (Å²) < 4.78 is 10.8. The summed E-state index contributed by atoms with van der Waals surface area (Å²) in [5, 5.41) is 14.0. The standard InChI is InChI=1S/C18H22N4O7/c1-11(2)19-16(23)18(25)21-5-3-20(4-6-21)17(24)12-9-14-15(29-8-7-28-14)10-13(12)22(26)27/h9-11H,3-8H2,1-2H3,(H,19,23). The smallest absolute Gasteiger partial charge is 0.312 e. The van der Waals surface area contributed by atoms with E-state index in [9.17, 15) is 24.5 Å². The summed E-state index contributed by atoms with van der Waals surface area (Å²) in [6, 6.07) is 2.35. The van der Waals surface area contributed by atoms with Crippen molar-refractivity contribution < 1.29 is 28.8 Å². The normalized spacial score (nSPS) is 15.8. The Hall–Kier alpha value is -3.37. The van der Waals surface area contributed by atoms with Crippen molar-refractivity contribution in [2.45, 2.75) is 19.9 Å². The zero-order valence-electron chi connectivity index (χ0n) is 16.2. The van der Waals surface area contributed by atoms with Crippen LogP contribution < -0.4 is 14.8 Å². The molecule has 0 unspecified atom stereocenters. The highest BCUT2D eigenvalue weighted by Gasteiger charge is 2.32. The number of carbonyl (C=O) groups is 3. The van der Waals surface area contributed by atoms with Gasteiger partial charge in [-0.15, -0.1) is 0 Å². The Labute approximate surface area is 166 Å². The Balaban J connectivity index is 1.72. The van der Waals surface area contributed by atoms with E-state index in [0.717, 1.165) is 0 Å². The number of ether oxygens (including phenoxy) is 2. The third-order valence-corrected chi connectivity index (χ3v) is 4.56. The second-order valence-corrected chi connectivity index (χ2v) is 6.98. The number of hydrogen-bond donors (Lipinski definition) is 1. The first-order valence-corrected chi connectivity index (χ1v) is 9.25. The lowest BCUT2D eigenvalue weighted by atomic mass is 10.1. The number of piperazine rings is 1. The van der Waals surface area contributed by atoms with Crippen LogP contribution in [0, 0.1) is 10.1 Å². The lowest BCUT2D eigenvalue weighted by Gasteiger charge is -2.34. The maximum absolute atomic E-state index is 12.9. The minimum Gasteiger partial charge on any atom is -0.486 e. The molecule has 0 aromatic heterocycles. The molecule has 0 radical (unpaired) electrons. The SMILES string of the molecule is CC(C)NC(=O)C(=O)N1CCN(C(=O)c2cc3c(cc2[N+](=O)[O-])OCCO3)CC1. The molecule has 11 heteroatoms. The van der Waals surface area contributed by atoms with Gasteiger partial charge in [0.25, 0.3) is 11.6 Å². The Morgan fingerprint density at radius 3 is 2.14 bits per heavy atom. The fraction of sp³-hybridized carbons (Fsp3) is 0.500. The van der Waals surface area contributed by atoms with Crippen molar-refractivity contribution in [1.82, 2.24) is 15.1 Å². The summed E-state index contributed by atoms with van der Waals surface area (Å²) in [7, 11) is 0. The molecule has 0 atom stereocenters. The lowest BCUT2D eigenvalue weighted by molar-refractivity contribution is -0.385. The summed E-state index contributed by atoms with van der Waals surface area (Å²) in [4.78, 5) is 50.5. The van der Waals surface area contributed by atoms with E-state index >= 15 is 0 Å². The molecule has 29 heavy (non-hydrogen) atoms. The fourth-order valence-electron chi connectivity index (χ4n) is 3.15. The number of fused-ring (bicyclic) bond motifs is 1. The van der Waals surface area contributed by atoms with Gasteiger partial charge < -0.3 is 24.6 Å². The van der Waals surface area contributed by atoms with Crippen LogP contribution in [-0.4, -0.2) is 77.9 Å². The van der Waals surface area contributed by atoms with E-state index in [0.29, 0.717) is 0 Å². The molecule has 2 aliphatic rings. The first kappa shape index (κ1) is 20.4. The van der Waals surface area contributed by atoms with Crippen molar-refractivity contribution in [2.24, 2.45) is 0 Å². The van der Waals surface area contributed by atoms with E-state index in [1.807, 2.05) is 0 Å². The molecule has 2 aliphatic heterocycles. The molecule has 0 bridgehead atoms. The van der Waals surface area contributed by atoms with Gasteiger partial charge in [0.2, 0.25) is 0 Å². The summed E-state index contributed by atoms with van der Waals surface area (Å²) in [5.41, 5.74) is -0.467. The number of nitrogens with zero attached hydrogens (tertiary/aromatic N) is 3. The summed E-state index contributed by atoms with van der Waals surface area (Å²) in [6.45, 7) is 4.71. The second-order valence-electron chi connectivity index (χ2n) is 6.98. The predicted molar refractivity (Wildman–Crippen MR) is 99.8 cm³/mol. The molecule has 0 spiro atoms. The van der Waals surface area contributed by atoms with Gasteiger partial charge in [-0.3, -0.25) is 24.5 Å². The Bertz CT molecular complexity index is 847. The molecule has 156 valence electrons. The Kier molecular flexibility index (Phi) is 5.85.